The van der Waals surface area contributed by atoms with Crippen molar-refractivity contribution in [1.29, 1.82) is 0 Å². The van der Waals surface area contributed by atoms with Gasteiger partial charge in [-0.15, -0.1) is 0 Å². The fraction of sp³-hybridized carbons (Fsp3) is 0.780. The molecule has 2 aliphatic rings. The van der Waals surface area contributed by atoms with Gasteiger partial charge in [0.1, 0.15) is 42.3 Å². The highest BCUT2D eigenvalue weighted by atomic mass is 16.4. The van der Waals surface area contributed by atoms with Gasteiger partial charge in [-0.25, -0.2) is 4.79 Å². The lowest BCUT2D eigenvalue weighted by atomic mass is 9.98. The molecule has 346 valence electrons. The van der Waals surface area contributed by atoms with Crippen molar-refractivity contribution < 1.29 is 53.4 Å². The zero-order valence-corrected chi connectivity index (χ0v) is 37.4. The highest BCUT2D eigenvalue weighted by molar-refractivity contribution is 5.98. The minimum Gasteiger partial charge on any atom is -0.480 e. The number of rotatable bonds is 22. The average Bonchev–Trinajstić information content (AvgIpc) is 3.86. The summed E-state index contributed by atoms with van der Waals surface area (Å²) < 4.78 is 0. The molecule has 0 spiro atoms. The second kappa shape index (κ2) is 24.0. The van der Waals surface area contributed by atoms with Crippen molar-refractivity contribution in [3.05, 3.63) is 0 Å². The van der Waals surface area contributed by atoms with E-state index >= 15 is 0 Å². The number of carbonyl (C=O) groups is 9. The molecule has 0 saturated carbocycles. The molecule has 8 amide bonds. The molecule has 20 heteroatoms. The van der Waals surface area contributed by atoms with Crippen molar-refractivity contribution in [2.75, 3.05) is 19.6 Å². The van der Waals surface area contributed by atoms with Crippen LogP contribution < -0.4 is 37.6 Å². The maximum absolute atomic E-state index is 13.9. The number of carboxylic acid groups (broad SMARTS) is 1. The van der Waals surface area contributed by atoms with Crippen molar-refractivity contribution >= 4 is 53.2 Å². The monoisotopic (exact) mass is 866 g/mol. The Morgan fingerprint density at radius 1 is 0.607 bits per heavy atom. The Kier molecular flexibility index (Phi) is 20.5. The molecule has 9 atom stereocenters. The quantitative estimate of drug-likeness (QED) is 0.0616. The van der Waals surface area contributed by atoms with Crippen LogP contribution in [-0.2, 0) is 43.2 Å². The Hall–Kier alpha value is -4.85. The normalized spacial score (nSPS) is 20.0. The molecule has 0 aromatic rings. The summed E-state index contributed by atoms with van der Waals surface area (Å²) in [5.41, 5.74) is 6.06. The van der Waals surface area contributed by atoms with Gasteiger partial charge in [0, 0.05) is 13.1 Å². The van der Waals surface area contributed by atoms with Crippen molar-refractivity contribution in [3.63, 3.8) is 0 Å². The highest BCUT2D eigenvalue weighted by Gasteiger charge is 2.41. The van der Waals surface area contributed by atoms with Crippen LogP contribution in [-0.4, -0.2) is 147 Å². The first-order chi connectivity index (χ1) is 28.4. The first-order valence-electron chi connectivity index (χ1n) is 21.4. The fourth-order valence-corrected chi connectivity index (χ4v) is 7.42. The Bertz CT molecular complexity index is 1590. The minimum absolute atomic E-state index is 0.00675. The van der Waals surface area contributed by atoms with E-state index in [0.717, 1.165) is 0 Å². The first kappa shape index (κ1) is 52.3. The lowest BCUT2D eigenvalue weighted by molar-refractivity contribution is -0.145. The molecule has 0 radical (unpaired) electrons. The highest BCUT2D eigenvalue weighted by Crippen LogP contribution is 2.22. The summed E-state index contributed by atoms with van der Waals surface area (Å²) in [7, 11) is 0. The third-order valence-electron chi connectivity index (χ3n) is 10.8. The molecule has 0 aromatic heterocycles. The number of hydrogen-bond donors (Lipinski definition) is 9. The topological polar surface area (TPSA) is 299 Å². The number of nitrogens with zero attached hydrogens (tertiary/aromatic N) is 2. The molecule has 0 aromatic carbocycles. The van der Waals surface area contributed by atoms with E-state index in [2.05, 4.69) is 31.9 Å². The van der Waals surface area contributed by atoms with Crippen molar-refractivity contribution in [1.82, 2.24) is 41.7 Å². The average molecular weight is 866 g/mol. The smallest absolute Gasteiger partial charge is 0.326 e. The largest absolute Gasteiger partial charge is 0.480 e. The van der Waals surface area contributed by atoms with Gasteiger partial charge in [-0.3, -0.25) is 38.4 Å². The Morgan fingerprint density at radius 3 is 1.59 bits per heavy atom. The zero-order chi connectivity index (χ0) is 46.5. The van der Waals surface area contributed by atoms with E-state index in [1.165, 1.54) is 23.6 Å². The summed E-state index contributed by atoms with van der Waals surface area (Å²) in [6.45, 7) is 16.9. The maximum Gasteiger partial charge on any atom is 0.326 e. The van der Waals surface area contributed by atoms with E-state index in [1.54, 1.807) is 27.7 Å². The summed E-state index contributed by atoms with van der Waals surface area (Å²) in [6, 6.07) is -8.73. The van der Waals surface area contributed by atoms with Gasteiger partial charge < -0.3 is 57.6 Å². The molecule has 0 bridgehead atoms. The number of aliphatic hydroxyl groups excluding tert-OH is 1. The summed E-state index contributed by atoms with van der Waals surface area (Å²) in [5, 5.41) is 35.1. The molecule has 2 heterocycles. The van der Waals surface area contributed by atoms with Crippen LogP contribution in [0.4, 0.5) is 0 Å². The van der Waals surface area contributed by atoms with Crippen molar-refractivity contribution in [2.45, 2.75) is 162 Å². The van der Waals surface area contributed by atoms with E-state index in [1.807, 2.05) is 27.7 Å². The van der Waals surface area contributed by atoms with E-state index < -0.39 is 120 Å². The molecular weight excluding hydrogens is 795 g/mol. The van der Waals surface area contributed by atoms with Crippen LogP contribution in [0.2, 0.25) is 0 Å². The molecule has 2 fully saturated rings. The zero-order valence-electron chi connectivity index (χ0n) is 37.4. The number of carboxylic acids is 1. The maximum atomic E-state index is 13.9. The minimum atomic E-state index is -1.54. The van der Waals surface area contributed by atoms with E-state index in [9.17, 15) is 53.4 Å². The predicted octanol–water partition coefficient (Wildman–Crippen LogP) is -1.27. The van der Waals surface area contributed by atoms with Crippen LogP contribution in [0.3, 0.4) is 0 Å². The van der Waals surface area contributed by atoms with Gasteiger partial charge in [-0.2, -0.15) is 0 Å². The Labute approximate surface area is 359 Å². The van der Waals surface area contributed by atoms with Gasteiger partial charge in [0.05, 0.1) is 18.7 Å². The lowest BCUT2D eigenvalue weighted by Gasteiger charge is -2.32. The van der Waals surface area contributed by atoms with Gasteiger partial charge in [0.2, 0.25) is 47.3 Å². The second-order valence-electron chi connectivity index (χ2n) is 17.8. The molecular formula is C41H71N9O11. The van der Waals surface area contributed by atoms with Crippen LogP contribution in [0.5, 0.6) is 0 Å². The predicted molar refractivity (Wildman–Crippen MR) is 224 cm³/mol. The molecule has 20 nitrogen and oxygen atoms in total. The third-order valence-corrected chi connectivity index (χ3v) is 10.8. The second-order valence-corrected chi connectivity index (χ2v) is 17.8. The number of amides is 8. The summed E-state index contributed by atoms with van der Waals surface area (Å²) in [5.74, 6) is -7.23. The van der Waals surface area contributed by atoms with Gasteiger partial charge in [-0.1, -0.05) is 55.4 Å². The summed E-state index contributed by atoms with van der Waals surface area (Å²) in [4.78, 5) is 121. The third kappa shape index (κ3) is 15.5. The lowest BCUT2D eigenvalue weighted by Crippen LogP contribution is -2.61. The molecule has 0 aliphatic carbocycles. The summed E-state index contributed by atoms with van der Waals surface area (Å²) in [6.07, 6.45) is 0.998. The van der Waals surface area contributed by atoms with Crippen LogP contribution in [0.1, 0.15) is 108 Å². The van der Waals surface area contributed by atoms with E-state index in [4.69, 9.17) is 5.73 Å². The van der Waals surface area contributed by atoms with Crippen molar-refractivity contribution in [2.24, 2.45) is 29.4 Å². The van der Waals surface area contributed by atoms with Gasteiger partial charge in [0.25, 0.3) is 0 Å². The molecule has 0 unspecified atom stereocenters. The number of nitrogens with two attached hydrogens (primary N) is 1. The molecule has 2 aliphatic heterocycles. The molecule has 10 N–H and O–H groups in total. The van der Waals surface area contributed by atoms with Crippen LogP contribution >= 0.6 is 0 Å². The first-order valence-corrected chi connectivity index (χ1v) is 21.4. The van der Waals surface area contributed by atoms with Crippen LogP contribution in [0.15, 0.2) is 0 Å². The molecule has 2 rings (SSSR count). The number of carbonyl (C=O) groups excluding carboxylic acids is 8. The number of likely N-dealkylation sites (tertiary alicyclic amines) is 2. The molecule has 61 heavy (non-hydrogen) atoms. The number of aliphatic carboxylic acids is 1. The van der Waals surface area contributed by atoms with Gasteiger partial charge >= 0.3 is 5.97 Å². The van der Waals surface area contributed by atoms with Gasteiger partial charge in [-0.05, 0) is 76.0 Å². The molecule has 2 saturated heterocycles. The van der Waals surface area contributed by atoms with Crippen LogP contribution in [0, 0.1) is 23.7 Å². The number of nitrogens with one attached hydrogen (secondary N) is 6. The Balaban J connectivity index is 2.04. The van der Waals surface area contributed by atoms with Crippen molar-refractivity contribution in [3.8, 4) is 0 Å². The Morgan fingerprint density at radius 2 is 1.10 bits per heavy atom. The fourth-order valence-electron chi connectivity index (χ4n) is 7.42. The summed E-state index contributed by atoms with van der Waals surface area (Å²) >= 11 is 0. The number of hydrogen-bond acceptors (Lipinski definition) is 11. The standard InChI is InChI=1S/C41H71N9O11/c1-20(2)17-26(42)39(58)49-15-11-13-28(49)35(54)43-19-30(52)46-33(25(10)51)38(57)44-24(9)34(53)47-31(22(5)6)37(56)48-32(23(7)8)40(59)50-16-12-14-29(50)36(55)45-27(41(60)61)18-21(3)4/h20-29,31-33,51H,11-19,42H2,1-10H3,(H,43,54)(H,44,57)(H,45,55)(H,46,52)(H,47,53)(H,48,56)(H,60,61)/t24-,25+,26-,27-,28-,29-,31-,32-,33-/m0/s1. The van der Waals surface area contributed by atoms with Gasteiger partial charge in [0.15, 0.2) is 0 Å². The SMILES string of the molecule is CC(C)C[C@H](NC(=O)[C@@H]1CCCN1C(=O)[C@@H](NC(=O)[C@@H](NC(=O)[C@H](C)NC(=O)[C@@H](NC(=O)CNC(=O)[C@@H]1CCCN1C(=O)[C@@H](N)CC(C)C)[C@@H](C)O)C(C)C)C(C)C)C(=O)O. The van der Waals surface area contributed by atoms with Crippen LogP contribution in [0.25, 0.3) is 0 Å². The van der Waals surface area contributed by atoms with E-state index in [-0.39, 0.29) is 30.7 Å². The van der Waals surface area contributed by atoms with E-state index in [0.29, 0.717) is 38.6 Å². The number of aliphatic hydroxyl groups is 1.